The molecule has 0 aliphatic rings. The van der Waals surface area contributed by atoms with E-state index in [0.29, 0.717) is 12.4 Å². The molecule has 0 amide bonds. The Labute approximate surface area is 104 Å². The highest BCUT2D eigenvalue weighted by molar-refractivity contribution is 9.10. The highest BCUT2D eigenvalue weighted by atomic mass is 79.9. The van der Waals surface area contributed by atoms with Crippen molar-refractivity contribution >= 4 is 27.7 Å². The van der Waals surface area contributed by atoms with Gasteiger partial charge < -0.3 is 15.7 Å². The number of rotatable bonds is 6. The number of halogens is 1. The molecule has 0 saturated heterocycles. The SMILES string of the molecule is CCC(CCO)Nc1nc(NC)ncc1Br. The van der Waals surface area contributed by atoms with Gasteiger partial charge in [-0.05, 0) is 28.8 Å². The van der Waals surface area contributed by atoms with Gasteiger partial charge in [-0.25, -0.2) is 4.98 Å². The summed E-state index contributed by atoms with van der Waals surface area (Å²) in [6.07, 6.45) is 3.35. The molecular formula is C10H17BrN4O. The number of hydrogen-bond donors (Lipinski definition) is 3. The molecule has 0 fully saturated rings. The Kier molecular flexibility index (Phi) is 5.48. The molecule has 1 aromatic heterocycles. The van der Waals surface area contributed by atoms with Crippen molar-refractivity contribution in [3.8, 4) is 0 Å². The van der Waals surface area contributed by atoms with E-state index in [1.54, 1.807) is 13.2 Å². The second-order valence-corrected chi connectivity index (χ2v) is 4.26. The van der Waals surface area contributed by atoms with Crippen molar-refractivity contribution in [1.29, 1.82) is 0 Å². The Morgan fingerprint density at radius 3 is 2.88 bits per heavy atom. The van der Waals surface area contributed by atoms with Gasteiger partial charge in [0, 0.05) is 25.9 Å². The van der Waals surface area contributed by atoms with E-state index >= 15 is 0 Å². The predicted molar refractivity (Wildman–Crippen MR) is 68.7 cm³/mol. The molecular weight excluding hydrogens is 272 g/mol. The van der Waals surface area contributed by atoms with Gasteiger partial charge in [0.2, 0.25) is 5.95 Å². The summed E-state index contributed by atoms with van der Waals surface area (Å²) in [7, 11) is 1.78. The molecule has 1 aromatic rings. The highest BCUT2D eigenvalue weighted by Crippen LogP contribution is 2.21. The summed E-state index contributed by atoms with van der Waals surface area (Å²) in [6.45, 7) is 2.24. The van der Waals surface area contributed by atoms with Crippen LogP contribution in [-0.4, -0.2) is 34.8 Å². The van der Waals surface area contributed by atoms with E-state index in [1.807, 2.05) is 0 Å². The molecule has 3 N–H and O–H groups in total. The minimum Gasteiger partial charge on any atom is -0.396 e. The monoisotopic (exact) mass is 288 g/mol. The van der Waals surface area contributed by atoms with Crippen molar-refractivity contribution in [2.45, 2.75) is 25.8 Å². The van der Waals surface area contributed by atoms with Gasteiger partial charge in [0.1, 0.15) is 5.82 Å². The largest absolute Gasteiger partial charge is 0.396 e. The zero-order chi connectivity index (χ0) is 12.0. The van der Waals surface area contributed by atoms with E-state index in [9.17, 15) is 0 Å². The molecule has 5 nitrogen and oxygen atoms in total. The third-order valence-corrected chi connectivity index (χ3v) is 2.86. The van der Waals surface area contributed by atoms with Crippen LogP contribution in [0.25, 0.3) is 0 Å². The van der Waals surface area contributed by atoms with E-state index in [0.717, 1.165) is 16.7 Å². The van der Waals surface area contributed by atoms with Crippen LogP contribution in [0.1, 0.15) is 19.8 Å². The Morgan fingerprint density at radius 1 is 1.56 bits per heavy atom. The summed E-state index contributed by atoms with van der Waals surface area (Å²) in [6, 6.07) is 0.223. The quantitative estimate of drug-likeness (QED) is 0.745. The molecule has 0 aliphatic heterocycles. The molecule has 0 aromatic carbocycles. The first kappa shape index (κ1) is 13.2. The maximum atomic E-state index is 8.92. The lowest BCUT2D eigenvalue weighted by atomic mass is 10.1. The highest BCUT2D eigenvalue weighted by Gasteiger charge is 2.09. The summed E-state index contributed by atoms with van der Waals surface area (Å²) in [5, 5.41) is 15.1. The minimum absolute atomic E-state index is 0.174. The lowest BCUT2D eigenvalue weighted by Gasteiger charge is -2.17. The van der Waals surface area contributed by atoms with Crippen molar-refractivity contribution in [3.05, 3.63) is 10.7 Å². The van der Waals surface area contributed by atoms with Crippen LogP contribution >= 0.6 is 15.9 Å². The number of aliphatic hydroxyl groups excluding tert-OH is 1. The van der Waals surface area contributed by atoms with Crippen LogP contribution in [-0.2, 0) is 0 Å². The first-order valence-electron chi connectivity index (χ1n) is 5.29. The summed E-state index contributed by atoms with van der Waals surface area (Å²) in [5.74, 6) is 1.32. The fourth-order valence-corrected chi connectivity index (χ4v) is 1.62. The second-order valence-electron chi connectivity index (χ2n) is 3.40. The number of aromatic nitrogens is 2. The van der Waals surface area contributed by atoms with E-state index in [2.05, 4.69) is 43.5 Å². The van der Waals surface area contributed by atoms with Gasteiger partial charge in [-0.3, -0.25) is 0 Å². The van der Waals surface area contributed by atoms with Crippen molar-refractivity contribution in [3.63, 3.8) is 0 Å². The summed E-state index contributed by atoms with van der Waals surface area (Å²) < 4.78 is 0.822. The molecule has 6 heteroatoms. The van der Waals surface area contributed by atoms with Crippen LogP contribution in [0.3, 0.4) is 0 Å². The van der Waals surface area contributed by atoms with Gasteiger partial charge in [-0.15, -0.1) is 0 Å². The predicted octanol–water partition coefficient (Wildman–Crippen LogP) is 1.85. The normalized spacial score (nSPS) is 12.2. The van der Waals surface area contributed by atoms with Gasteiger partial charge in [0.15, 0.2) is 0 Å². The van der Waals surface area contributed by atoms with Crippen LogP contribution in [0.2, 0.25) is 0 Å². The lowest BCUT2D eigenvalue weighted by molar-refractivity contribution is 0.278. The van der Waals surface area contributed by atoms with Crippen LogP contribution in [0.5, 0.6) is 0 Å². The van der Waals surface area contributed by atoms with E-state index in [1.165, 1.54) is 0 Å². The van der Waals surface area contributed by atoms with Crippen molar-refractivity contribution < 1.29 is 5.11 Å². The van der Waals surface area contributed by atoms with Gasteiger partial charge in [-0.1, -0.05) is 6.92 Å². The minimum atomic E-state index is 0.174. The van der Waals surface area contributed by atoms with Crippen molar-refractivity contribution in [1.82, 2.24) is 9.97 Å². The van der Waals surface area contributed by atoms with E-state index in [4.69, 9.17) is 5.11 Å². The van der Waals surface area contributed by atoms with Crippen molar-refractivity contribution in [2.24, 2.45) is 0 Å². The number of hydrogen-bond acceptors (Lipinski definition) is 5. The topological polar surface area (TPSA) is 70.1 Å². The first-order valence-corrected chi connectivity index (χ1v) is 6.08. The summed E-state index contributed by atoms with van der Waals surface area (Å²) in [4.78, 5) is 8.38. The number of nitrogens with zero attached hydrogens (tertiary/aromatic N) is 2. The molecule has 0 saturated carbocycles. The molecule has 1 rings (SSSR count). The van der Waals surface area contributed by atoms with Crippen LogP contribution in [0.4, 0.5) is 11.8 Å². The maximum Gasteiger partial charge on any atom is 0.224 e. The lowest BCUT2D eigenvalue weighted by Crippen LogP contribution is -2.21. The van der Waals surface area contributed by atoms with Gasteiger partial charge >= 0.3 is 0 Å². The molecule has 16 heavy (non-hydrogen) atoms. The molecule has 0 bridgehead atoms. The number of nitrogens with one attached hydrogen (secondary N) is 2. The average molecular weight is 289 g/mol. The van der Waals surface area contributed by atoms with Crippen molar-refractivity contribution in [2.75, 3.05) is 24.3 Å². The fraction of sp³-hybridized carbons (Fsp3) is 0.600. The smallest absolute Gasteiger partial charge is 0.224 e. The van der Waals surface area contributed by atoms with E-state index < -0.39 is 0 Å². The average Bonchev–Trinajstić information content (AvgIpc) is 2.31. The fourth-order valence-electron chi connectivity index (χ4n) is 1.32. The Bertz CT molecular complexity index is 335. The first-order chi connectivity index (χ1) is 7.71. The van der Waals surface area contributed by atoms with Crippen LogP contribution < -0.4 is 10.6 Å². The van der Waals surface area contributed by atoms with E-state index in [-0.39, 0.29) is 12.6 Å². The summed E-state index contributed by atoms with van der Waals surface area (Å²) in [5.41, 5.74) is 0. The third kappa shape index (κ3) is 3.61. The number of aliphatic hydroxyl groups is 1. The molecule has 0 aliphatic carbocycles. The standard InChI is InChI=1S/C10H17BrN4O/c1-3-7(4-5-16)14-9-8(11)6-13-10(12-2)15-9/h6-7,16H,3-5H2,1-2H3,(H2,12,13,14,15). The Morgan fingerprint density at radius 2 is 2.31 bits per heavy atom. The summed E-state index contributed by atoms with van der Waals surface area (Å²) >= 11 is 3.39. The molecule has 0 radical (unpaired) electrons. The van der Waals surface area contributed by atoms with Gasteiger partial charge in [0.25, 0.3) is 0 Å². The molecule has 90 valence electrons. The molecule has 1 atom stereocenters. The van der Waals surface area contributed by atoms with Crippen LogP contribution in [0, 0.1) is 0 Å². The molecule has 1 unspecified atom stereocenters. The second kappa shape index (κ2) is 6.65. The van der Waals surface area contributed by atoms with Gasteiger partial charge in [-0.2, -0.15) is 4.98 Å². The maximum absolute atomic E-state index is 8.92. The molecule has 1 heterocycles. The zero-order valence-electron chi connectivity index (χ0n) is 9.50. The Balaban J connectivity index is 2.77. The number of anilines is 2. The third-order valence-electron chi connectivity index (χ3n) is 2.28. The Hall–Kier alpha value is -0.880. The van der Waals surface area contributed by atoms with Gasteiger partial charge in [0.05, 0.1) is 4.47 Å². The zero-order valence-corrected chi connectivity index (χ0v) is 11.1. The van der Waals surface area contributed by atoms with Crippen LogP contribution in [0.15, 0.2) is 10.7 Å². The molecule has 0 spiro atoms.